The molecule has 0 unspecified atom stereocenters. The van der Waals surface area contributed by atoms with Crippen LogP contribution in [0.4, 0.5) is 20.2 Å². The highest BCUT2D eigenvalue weighted by molar-refractivity contribution is 7.92. The summed E-state index contributed by atoms with van der Waals surface area (Å²) < 4.78 is 68.2. The van der Waals surface area contributed by atoms with Crippen LogP contribution in [0.5, 0.6) is 5.75 Å². The Hall–Kier alpha value is -3.11. The van der Waals surface area contributed by atoms with Crippen LogP contribution in [0, 0.1) is 11.6 Å². The molecule has 1 aliphatic rings. The molecule has 0 amide bonds. The number of halogens is 2. The van der Waals surface area contributed by atoms with Gasteiger partial charge in [0.05, 0.1) is 24.6 Å². The maximum absolute atomic E-state index is 14.8. The van der Waals surface area contributed by atoms with Gasteiger partial charge in [0.1, 0.15) is 28.0 Å². The summed E-state index contributed by atoms with van der Waals surface area (Å²) in [7, 11) is -3.06. The van der Waals surface area contributed by atoms with Gasteiger partial charge in [-0.25, -0.2) is 17.2 Å². The highest BCUT2D eigenvalue weighted by atomic mass is 32.2. The number of hydrogen-bond donors (Lipinski definition) is 2. The van der Waals surface area contributed by atoms with Crippen LogP contribution >= 0.6 is 0 Å². The molecule has 4 rings (SSSR count). The van der Waals surface area contributed by atoms with Crippen molar-refractivity contribution in [3.05, 3.63) is 60.4 Å². The van der Waals surface area contributed by atoms with Crippen LogP contribution in [0.25, 0.3) is 11.3 Å². The zero-order chi connectivity index (χ0) is 23.8. The molecule has 2 heterocycles. The van der Waals surface area contributed by atoms with Crippen molar-refractivity contribution in [2.45, 2.75) is 30.8 Å². The van der Waals surface area contributed by atoms with Crippen molar-refractivity contribution < 1.29 is 26.4 Å². The van der Waals surface area contributed by atoms with Crippen molar-refractivity contribution in [2.75, 3.05) is 29.8 Å². The quantitative estimate of drug-likeness (QED) is 0.553. The minimum Gasteiger partial charge on any atom is -0.495 e. The molecule has 10 heteroatoms. The molecule has 1 aliphatic heterocycles. The molecule has 0 saturated carbocycles. The van der Waals surface area contributed by atoms with Crippen LogP contribution in [0.1, 0.15) is 13.8 Å². The van der Waals surface area contributed by atoms with Gasteiger partial charge in [0.15, 0.2) is 0 Å². The summed E-state index contributed by atoms with van der Waals surface area (Å²) in [5, 5.41) is 3.44. The molecular formula is C23H25F2N3O4S. The van der Waals surface area contributed by atoms with Gasteiger partial charge in [-0.2, -0.15) is 0 Å². The topological polar surface area (TPSA) is 83.8 Å². The number of nitrogens with one attached hydrogen (secondary N) is 2. The fourth-order valence-electron chi connectivity index (χ4n) is 4.06. The van der Waals surface area contributed by atoms with Gasteiger partial charge in [-0.1, -0.05) is 0 Å². The van der Waals surface area contributed by atoms with Crippen molar-refractivity contribution in [1.29, 1.82) is 0 Å². The largest absolute Gasteiger partial charge is 0.495 e. The zero-order valence-corrected chi connectivity index (χ0v) is 19.2. The fourth-order valence-corrected chi connectivity index (χ4v) is 5.20. The summed E-state index contributed by atoms with van der Waals surface area (Å²) in [6.45, 7) is 5.60. The van der Waals surface area contributed by atoms with Gasteiger partial charge in [-0.05, 0) is 56.3 Å². The van der Waals surface area contributed by atoms with Crippen LogP contribution in [0.3, 0.4) is 0 Å². The smallest absolute Gasteiger partial charge is 0.265 e. The number of hydrogen-bond acceptors (Lipinski definition) is 6. The summed E-state index contributed by atoms with van der Waals surface area (Å²) >= 11 is 0. The number of anilines is 2. The lowest BCUT2D eigenvalue weighted by molar-refractivity contribution is 0.406. The van der Waals surface area contributed by atoms with E-state index >= 15 is 0 Å². The van der Waals surface area contributed by atoms with Gasteiger partial charge in [-0.15, -0.1) is 0 Å². The molecule has 0 spiro atoms. The molecule has 176 valence electrons. The number of benzene rings is 2. The minimum absolute atomic E-state index is 0.0946. The first-order valence-corrected chi connectivity index (χ1v) is 11.9. The number of methoxy groups -OCH3 is 1. The lowest BCUT2D eigenvalue weighted by Gasteiger charge is -2.38. The Morgan fingerprint density at radius 1 is 1.09 bits per heavy atom. The van der Waals surface area contributed by atoms with E-state index in [9.17, 15) is 17.2 Å². The van der Waals surface area contributed by atoms with Gasteiger partial charge in [-0.3, -0.25) is 4.72 Å². The van der Waals surface area contributed by atoms with Gasteiger partial charge in [0.2, 0.25) is 0 Å². The molecule has 3 aromatic rings. The predicted molar refractivity (Wildman–Crippen MR) is 122 cm³/mol. The van der Waals surface area contributed by atoms with Crippen molar-refractivity contribution in [2.24, 2.45) is 0 Å². The number of rotatable bonds is 6. The summed E-state index contributed by atoms with van der Waals surface area (Å²) in [4.78, 5) is 1.31. The van der Waals surface area contributed by atoms with Crippen molar-refractivity contribution in [1.82, 2.24) is 5.32 Å². The molecule has 2 aromatic carbocycles. The van der Waals surface area contributed by atoms with Crippen LogP contribution < -0.4 is 19.7 Å². The van der Waals surface area contributed by atoms with Gasteiger partial charge < -0.3 is 19.4 Å². The number of nitrogens with zero attached hydrogens (tertiary/aromatic N) is 1. The summed E-state index contributed by atoms with van der Waals surface area (Å²) in [5.74, 6) is -1.67. The fraction of sp³-hybridized carbons (Fsp3) is 0.304. The van der Waals surface area contributed by atoms with Crippen LogP contribution in [0.2, 0.25) is 0 Å². The number of piperazine rings is 1. The van der Waals surface area contributed by atoms with Crippen LogP contribution in [-0.4, -0.2) is 40.7 Å². The van der Waals surface area contributed by atoms with E-state index in [1.165, 1.54) is 25.5 Å². The van der Waals surface area contributed by atoms with E-state index in [0.717, 1.165) is 24.8 Å². The lowest BCUT2D eigenvalue weighted by Crippen LogP contribution is -2.54. The van der Waals surface area contributed by atoms with E-state index in [-0.39, 0.29) is 34.8 Å². The molecule has 33 heavy (non-hydrogen) atoms. The predicted octanol–water partition coefficient (Wildman–Crippen LogP) is 4.22. The van der Waals surface area contributed by atoms with E-state index in [4.69, 9.17) is 9.15 Å². The third-order valence-electron chi connectivity index (χ3n) is 5.45. The van der Waals surface area contributed by atoms with Crippen molar-refractivity contribution in [3.63, 3.8) is 0 Å². The minimum atomic E-state index is -4.46. The highest BCUT2D eigenvalue weighted by Gasteiger charge is 2.26. The average Bonchev–Trinajstić information content (AvgIpc) is 3.28. The van der Waals surface area contributed by atoms with E-state index in [1.54, 1.807) is 12.1 Å². The van der Waals surface area contributed by atoms with Gasteiger partial charge >= 0.3 is 0 Å². The Morgan fingerprint density at radius 3 is 2.45 bits per heavy atom. The number of sulfonamides is 1. The Morgan fingerprint density at radius 2 is 1.82 bits per heavy atom. The molecule has 2 atom stereocenters. The maximum Gasteiger partial charge on any atom is 0.265 e. The molecule has 1 saturated heterocycles. The normalized spacial score (nSPS) is 18.9. The van der Waals surface area contributed by atoms with Gasteiger partial charge in [0, 0.05) is 30.9 Å². The summed E-state index contributed by atoms with van der Waals surface area (Å²) in [6.07, 6.45) is 1.32. The molecule has 7 nitrogen and oxygen atoms in total. The SMILES string of the molecule is COc1ccc(N2C[C@@H](C)N[C@@H](C)C2)cc1NS(=O)(=O)c1cc(F)c(-c2ccco2)cc1F. The molecular weight excluding hydrogens is 452 g/mol. The second kappa shape index (κ2) is 9.03. The van der Waals surface area contributed by atoms with Crippen LogP contribution in [0.15, 0.2) is 58.0 Å². The highest BCUT2D eigenvalue weighted by Crippen LogP contribution is 2.34. The Labute approximate surface area is 191 Å². The molecule has 1 fully saturated rings. The van der Waals surface area contributed by atoms with Crippen LogP contribution in [-0.2, 0) is 10.0 Å². The van der Waals surface area contributed by atoms with E-state index in [2.05, 4.69) is 28.8 Å². The van der Waals surface area contributed by atoms with E-state index in [1.807, 2.05) is 6.07 Å². The third kappa shape index (κ3) is 4.81. The maximum atomic E-state index is 14.8. The van der Waals surface area contributed by atoms with Gasteiger partial charge in [0.25, 0.3) is 10.0 Å². The second-order valence-electron chi connectivity index (χ2n) is 8.10. The van der Waals surface area contributed by atoms with Crippen molar-refractivity contribution >= 4 is 21.4 Å². The first kappa shape index (κ1) is 23.1. The molecule has 0 radical (unpaired) electrons. The first-order chi connectivity index (χ1) is 15.7. The number of furan rings is 1. The third-order valence-corrected chi connectivity index (χ3v) is 6.83. The van der Waals surface area contributed by atoms with Crippen molar-refractivity contribution in [3.8, 4) is 17.1 Å². The average molecular weight is 478 g/mol. The second-order valence-corrected chi connectivity index (χ2v) is 9.75. The Kier molecular flexibility index (Phi) is 6.31. The molecule has 0 aliphatic carbocycles. The first-order valence-electron chi connectivity index (χ1n) is 10.4. The molecule has 2 N–H and O–H groups in total. The Bertz CT molecular complexity index is 1240. The summed E-state index contributed by atoms with van der Waals surface area (Å²) in [5.41, 5.74) is 0.746. The van der Waals surface area contributed by atoms with E-state index < -0.39 is 26.6 Å². The molecule has 1 aromatic heterocycles. The van der Waals surface area contributed by atoms with E-state index in [0.29, 0.717) is 6.07 Å². The zero-order valence-electron chi connectivity index (χ0n) is 18.4. The number of ether oxygens (including phenoxy) is 1. The Balaban J connectivity index is 1.67. The summed E-state index contributed by atoms with van der Waals surface area (Å²) in [6, 6.07) is 10.0. The monoisotopic (exact) mass is 477 g/mol. The lowest BCUT2D eigenvalue weighted by atomic mass is 10.1. The standard InChI is InChI=1S/C23H25F2N3O4S/c1-14-12-28(13-15(2)26-14)16-6-7-22(31-3)20(9-16)27-33(29,30)23-11-18(24)17(10-19(23)25)21-5-4-8-32-21/h4-11,14-15,26-27H,12-13H2,1-3H3/t14-,15+. The molecule has 0 bridgehead atoms.